The van der Waals surface area contributed by atoms with Crippen molar-refractivity contribution in [3.8, 4) is 0 Å². The maximum Gasteiger partial charge on any atom is 0.0769 e. The van der Waals surface area contributed by atoms with Gasteiger partial charge in [-0.05, 0) is 45.5 Å². The summed E-state index contributed by atoms with van der Waals surface area (Å²) >= 11 is 0. The molecule has 0 amide bonds. The molecule has 4 nitrogen and oxygen atoms in total. The molecule has 4 heteroatoms. The molecule has 1 N–H and O–H groups in total. The van der Waals surface area contributed by atoms with Crippen molar-refractivity contribution in [2.75, 3.05) is 13.6 Å². The van der Waals surface area contributed by atoms with E-state index in [-0.39, 0.29) is 0 Å². The molecule has 0 saturated carbocycles. The molecule has 1 aromatic rings. The van der Waals surface area contributed by atoms with E-state index in [1.54, 1.807) is 6.20 Å². The predicted molar refractivity (Wildman–Crippen MR) is 64.0 cm³/mol. The highest BCUT2D eigenvalue weighted by Crippen LogP contribution is 2.15. The first-order valence-electron chi connectivity index (χ1n) is 5.96. The van der Waals surface area contributed by atoms with Gasteiger partial charge in [0.15, 0.2) is 0 Å². The number of piperidine rings is 1. The minimum Gasteiger partial charge on any atom is -0.308 e. The third-order valence-electron chi connectivity index (χ3n) is 3.41. The second-order valence-corrected chi connectivity index (χ2v) is 4.65. The molecule has 1 aromatic heterocycles. The summed E-state index contributed by atoms with van der Waals surface area (Å²) in [5.74, 6) is 0. The lowest BCUT2D eigenvalue weighted by molar-refractivity contribution is 0.168. The van der Waals surface area contributed by atoms with Gasteiger partial charge in [-0.1, -0.05) is 0 Å². The summed E-state index contributed by atoms with van der Waals surface area (Å²) in [6, 6.07) is 5.24. The molecule has 1 aliphatic heterocycles. The summed E-state index contributed by atoms with van der Waals surface area (Å²) in [6.45, 7) is 4.30. The highest BCUT2D eigenvalue weighted by atomic mass is 15.1. The molecule has 2 heterocycles. The molecule has 2 unspecified atom stereocenters. The zero-order valence-electron chi connectivity index (χ0n) is 10.1. The molecule has 1 aliphatic rings. The lowest BCUT2D eigenvalue weighted by Crippen LogP contribution is -2.45. The Labute approximate surface area is 97.1 Å². The fraction of sp³-hybridized carbons (Fsp3) is 0.667. The maximum absolute atomic E-state index is 4.07. The fourth-order valence-corrected chi connectivity index (χ4v) is 2.15. The molecule has 0 spiro atoms. The van der Waals surface area contributed by atoms with Crippen LogP contribution in [-0.2, 0) is 6.54 Å². The van der Waals surface area contributed by atoms with Gasteiger partial charge in [0.25, 0.3) is 0 Å². The van der Waals surface area contributed by atoms with Crippen molar-refractivity contribution in [2.45, 2.75) is 38.4 Å². The number of hydrogen-bond donors (Lipinski definition) is 1. The zero-order chi connectivity index (χ0) is 11.4. The summed E-state index contributed by atoms with van der Waals surface area (Å²) in [7, 11) is 2.20. The zero-order valence-corrected chi connectivity index (χ0v) is 10.1. The highest BCUT2D eigenvalue weighted by Gasteiger charge is 2.22. The summed E-state index contributed by atoms with van der Waals surface area (Å²) in [4.78, 5) is 2.42. The van der Waals surface area contributed by atoms with E-state index in [4.69, 9.17) is 0 Å². The summed E-state index contributed by atoms with van der Waals surface area (Å²) in [6.07, 6.45) is 4.15. The van der Waals surface area contributed by atoms with Gasteiger partial charge in [-0.3, -0.25) is 0 Å². The third-order valence-corrected chi connectivity index (χ3v) is 3.41. The number of likely N-dealkylation sites (tertiary alicyclic amines) is 1. The van der Waals surface area contributed by atoms with Crippen LogP contribution in [-0.4, -0.2) is 40.8 Å². The fourth-order valence-electron chi connectivity index (χ4n) is 2.15. The Balaban J connectivity index is 1.79. The maximum atomic E-state index is 4.07. The van der Waals surface area contributed by atoms with Crippen LogP contribution in [0.15, 0.2) is 18.3 Å². The van der Waals surface area contributed by atoms with Crippen LogP contribution >= 0.6 is 0 Å². The molecule has 0 radical (unpaired) electrons. The SMILES string of the molecule is CC1CC(NCc2cccnn2)CCN1C. The van der Waals surface area contributed by atoms with E-state index >= 15 is 0 Å². The molecule has 0 bridgehead atoms. The molecule has 0 aromatic carbocycles. The monoisotopic (exact) mass is 220 g/mol. The lowest BCUT2D eigenvalue weighted by Gasteiger charge is -2.35. The van der Waals surface area contributed by atoms with Crippen LogP contribution in [0, 0.1) is 0 Å². The number of aromatic nitrogens is 2. The van der Waals surface area contributed by atoms with Crippen LogP contribution in [0.25, 0.3) is 0 Å². The number of rotatable bonds is 3. The molecule has 1 fully saturated rings. The average molecular weight is 220 g/mol. The standard InChI is InChI=1S/C12H20N4/c1-10-8-11(5-7-16(10)2)13-9-12-4-3-6-14-15-12/h3-4,6,10-11,13H,5,7-9H2,1-2H3. The van der Waals surface area contributed by atoms with Crippen molar-refractivity contribution < 1.29 is 0 Å². The first-order chi connectivity index (χ1) is 7.75. The number of hydrogen-bond acceptors (Lipinski definition) is 4. The normalized spacial score (nSPS) is 26.9. The average Bonchev–Trinajstić information content (AvgIpc) is 2.32. The first-order valence-corrected chi connectivity index (χ1v) is 5.96. The highest BCUT2D eigenvalue weighted by molar-refractivity contribution is 4.99. The van der Waals surface area contributed by atoms with Crippen LogP contribution in [0.3, 0.4) is 0 Å². The minimum atomic E-state index is 0.619. The van der Waals surface area contributed by atoms with Gasteiger partial charge in [0.2, 0.25) is 0 Å². The van der Waals surface area contributed by atoms with Gasteiger partial charge in [-0.2, -0.15) is 10.2 Å². The van der Waals surface area contributed by atoms with Crippen molar-refractivity contribution in [3.63, 3.8) is 0 Å². The summed E-state index contributed by atoms with van der Waals surface area (Å²) in [5, 5.41) is 11.5. The van der Waals surface area contributed by atoms with E-state index in [0.717, 1.165) is 12.2 Å². The minimum absolute atomic E-state index is 0.619. The van der Waals surface area contributed by atoms with Crippen LogP contribution in [0.2, 0.25) is 0 Å². The van der Waals surface area contributed by atoms with Gasteiger partial charge in [-0.25, -0.2) is 0 Å². The van der Waals surface area contributed by atoms with Crippen molar-refractivity contribution in [2.24, 2.45) is 0 Å². The number of nitrogens with zero attached hydrogens (tertiary/aromatic N) is 3. The summed E-state index contributed by atoms with van der Waals surface area (Å²) < 4.78 is 0. The molecular weight excluding hydrogens is 200 g/mol. The third kappa shape index (κ3) is 3.00. The van der Waals surface area contributed by atoms with E-state index in [1.165, 1.54) is 19.4 Å². The Hall–Kier alpha value is -1.00. The largest absolute Gasteiger partial charge is 0.308 e. The quantitative estimate of drug-likeness (QED) is 0.826. The van der Waals surface area contributed by atoms with Crippen molar-refractivity contribution in [3.05, 3.63) is 24.0 Å². The van der Waals surface area contributed by atoms with Gasteiger partial charge in [0, 0.05) is 24.8 Å². The topological polar surface area (TPSA) is 41.1 Å². The van der Waals surface area contributed by atoms with Crippen LogP contribution < -0.4 is 5.32 Å². The number of nitrogens with one attached hydrogen (secondary N) is 1. The molecule has 88 valence electrons. The lowest BCUT2D eigenvalue weighted by atomic mass is 9.99. The molecular formula is C12H20N4. The van der Waals surface area contributed by atoms with E-state index in [2.05, 4.69) is 34.4 Å². The van der Waals surface area contributed by atoms with E-state index in [1.807, 2.05) is 12.1 Å². The van der Waals surface area contributed by atoms with Crippen LogP contribution in [0.5, 0.6) is 0 Å². The molecule has 16 heavy (non-hydrogen) atoms. The second-order valence-electron chi connectivity index (χ2n) is 4.65. The second kappa shape index (κ2) is 5.37. The van der Waals surface area contributed by atoms with Crippen molar-refractivity contribution in [1.82, 2.24) is 20.4 Å². The van der Waals surface area contributed by atoms with Gasteiger partial charge >= 0.3 is 0 Å². The Morgan fingerprint density at radius 1 is 1.56 bits per heavy atom. The van der Waals surface area contributed by atoms with Crippen molar-refractivity contribution in [1.29, 1.82) is 0 Å². The van der Waals surface area contributed by atoms with Gasteiger partial charge in [0.1, 0.15) is 0 Å². The Morgan fingerprint density at radius 2 is 2.44 bits per heavy atom. The molecule has 0 aliphatic carbocycles. The van der Waals surface area contributed by atoms with Gasteiger partial charge in [-0.15, -0.1) is 0 Å². The predicted octanol–water partition coefficient (Wildman–Crippen LogP) is 1.05. The van der Waals surface area contributed by atoms with Crippen LogP contribution in [0.1, 0.15) is 25.5 Å². The molecule has 1 saturated heterocycles. The summed E-state index contributed by atoms with van der Waals surface area (Å²) in [5.41, 5.74) is 1.02. The Morgan fingerprint density at radius 3 is 3.12 bits per heavy atom. The van der Waals surface area contributed by atoms with E-state index in [0.29, 0.717) is 12.1 Å². The molecule has 2 atom stereocenters. The molecule has 2 rings (SSSR count). The van der Waals surface area contributed by atoms with Crippen molar-refractivity contribution >= 4 is 0 Å². The Kier molecular flexibility index (Phi) is 3.85. The smallest absolute Gasteiger partial charge is 0.0769 e. The Bertz CT molecular complexity index is 314. The van der Waals surface area contributed by atoms with Gasteiger partial charge in [0.05, 0.1) is 5.69 Å². The van der Waals surface area contributed by atoms with E-state index < -0.39 is 0 Å². The van der Waals surface area contributed by atoms with Gasteiger partial charge < -0.3 is 10.2 Å². The van der Waals surface area contributed by atoms with E-state index in [9.17, 15) is 0 Å². The van der Waals surface area contributed by atoms with Crippen LogP contribution in [0.4, 0.5) is 0 Å². The first kappa shape index (κ1) is 11.5.